The highest BCUT2D eigenvalue weighted by Gasteiger charge is 2.40. The van der Waals surface area contributed by atoms with Crippen LogP contribution in [0, 0.1) is 0 Å². The van der Waals surface area contributed by atoms with Crippen molar-refractivity contribution in [2.24, 2.45) is 0 Å². The molecule has 6 heteroatoms. The van der Waals surface area contributed by atoms with Gasteiger partial charge in [-0.15, -0.1) is 0 Å². The van der Waals surface area contributed by atoms with Gasteiger partial charge in [-0.1, -0.05) is 24.3 Å². The molecule has 94 valence electrons. The lowest BCUT2D eigenvalue weighted by molar-refractivity contribution is -0.135. The highest BCUT2D eigenvalue weighted by atomic mass is 32.2. The summed E-state index contributed by atoms with van der Waals surface area (Å²) in [6, 6.07) is 6.56. The summed E-state index contributed by atoms with van der Waals surface area (Å²) in [5.74, 6) is 0. The molecule has 1 aromatic carbocycles. The molecule has 0 atom stereocenters. The highest BCUT2D eigenvalue weighted by Crippen LogP contribution is 2.33. The van der Waals surface area contributed by atoms with Gasteiger partial charge in [-0.3, -0.25) is 4.18 Å². The quantitative estimate of drug-likeness (QED) is 0.767. The van der Waals surface area contributed by atoms with Crippen LogP contribution in [0.3, 0.4) is 0 Å². The zero-order valence-electron chi connectivity index (χ0n) is 9.35. The first-order valence-electron chi connectivity index (χ1n) is 5.10. The second-order valence-corrected chi connectivity index (χ2v) is 5.77. The maximum Gasteiger partial charge on any atom is 0.264 e. The summed E-state index contributed by atoms with van der Waals surface area (Å²) in [5, 5.41) is 0. The lowest BCUT2D eigenvalue weighted by atomic mass is 9.93. The fraction of sp³-hybridized carbons (Fsp3) is 0.455. The minimum absolute atomic E-state index is 0.0328. The van der Waals surface area contributed by atoms with E-state index < -0.39 is 15.8 Å². The SMILES string of the molecule is CS(=O)(=O)OCc1ccc(C2(F)COC2)cc1. The molecule has 1 heterocycles. The molecule has 4 nitrogen and oxygen atoms in total. The standard InChI is InChI=1S/C11H13FO4S/c1-17(13,14)16-6-9-2-4-10(5-3-9)11(12)7-15-8-11/h2-5H,6-8H2,1H3. The Kier molecular flexibility index (Phi) is 3.20. The molecule has 1 aliphatic heterocycles. The Hall–Kier alpha value is -0.980. The molecule has 0 saturated carbocycles. The van der Waals surface area contributed by atoms with Gasteiger partial charge in [0, 0.05) is 0 Å². The van der Waals surface area contributed by atoms with Crippen molar-refractivity contribution in [2.45, 2.75) is 12.3 Å². The van der Waals surface area contributed by atoms with Crippen LogP contribution in [0.1, 0.15) is 11.1 Å². The summed E-state index contributed by atoms with van der Waals surface area (Å²) in [7, 11) is -3.45. The monoisotopic (exact) mass is 260 g/mol. The largest absolute Gasteiger partial charge is 0.374 e. The number of alkyl halides is 1. The molecule has 1 fully saturated rings. The molecule has 0 spiro atoms. The summed E-state index contributed by atoms with van der Waals surface area (Å²) >= 11 is 0. The molecular weight excluding hydrogens is 247 g/mol. The van der Waals surface area contributed by atoms with Crippen molar-refractivity contribution in [2.75, 3.05) is 19.5 Å². The van der Waals surface area contributed by atoms with Crippen molar-refractivity contribution in [3.8, 4) is 0 Å². The Morgan fingerprint density at radius 1 is 1.35 bits per heavy atom. The van der Waals surface area contributed by atoms with E-state index >= 15 is 0 Å². The van der Waals surface area contributed by atoms with E-state index in [2.05, 4.69) is 4.18 Å². The average molecular weight is 260 g/mol. The third-order valence-electron chi connectivity index (χ3n) is 2.57. The molecule has 0 bridgehead atoms. The predicted octanol–water partition coefficient (Wildman–Crippen LogP) is 1.36. The Bertz CT molecular complexity index is 491. The average Bonchev–Trinajstić information content (AvgIpc) is 2.23. The molecule has 0 N–H and O–H groups in total. The lowest BCUT2D eigenvalue weighted by Gasteiger charge is -2.34. The molecule has 1 aliphatic rings. The van der Waals surface area contributed by atoms with Crippen molar-refractivity contribution in [3.63, 3.8) is 0 Å². The van der Waals surface area contributed by atoms with E-state index in [-0.39, 0.29) is 19.8 Å². The summed E-state index contributed by atoms with van der Waals surface area (Å²) < 4.78 is 44.9. The molecule has 0 radical (unpaired) electrons. The molecule has 0 aliphatic carbocycles. The minimum Gasteiger partial charge on any atom is -0.374 e. The van der Waals surface area contributed by atoms with Crippen LogP contribution in [0.4, 0.5) is 4.39 Å². The fourth-order valence-corrected chi connectivity index (χ4v) is 1.87. The Morgan fingerprint density at radius 2 is 1.94 bits per heavy atom. The molecule has 2 rings (SSSR count). The molecule has 0 unspecified atom stereocenters. The molecular formula is C11H13FO4S. The molecule has 17 heavy (non-hydrogen) atoms. The van der Waals surface area contributed by atoms with Crippen molar-refractivity contribution >= 4 is 10.1 Å². The van der Waals surface area contributed by atoms with Crippen LogP contribution in [0.5, 0.6) is 0 Å². The van der Waals surface area contributed by atoms with Crippen LogP contribution in [0.25, 0.3) is 0 Å². The van der Waals surface area contributed by atoms with Gasteiger partial charge in [-0.05, 0) is 11.1 Å². The van der Waals surface area contributed by atoms with Crippen LogP contribution in [-0.4, -0.2) is 27.9 Å². The van der Waals surface area contributed by atoms with Crippen molar-refractivity contribution in [1.29, 1.82) is 0 Å². The number of halogens is 1. The van der Waals surface area contributed by atoms with Gasteiger partial charge in [0.05, 0.1) is 26.1 Å². The third-order valence-corrected chi connectivity index (χ3v) is 3.12. The number of benzene rings is 1. The van der Waals surface area contributed by atoms with Gasteiger partial charge < -0.3 is 4.74 Å². The number of hydrogen-bond donors (Lipinski definition) is 0. The number of hydrogen-bond acceptors (Lipinski definition) is 4. The minimum atomic E-state index is -3.45. The summed E-state index contributed by atoms with van der Waals surface area (Å²) in [4.78, 5) is 0. The second-order valence-electron chi connectivity index (χ2n) is 4.12. The van der Waals surface area contributed by atoms with Crippen LogP contribution < -0.4 is 0 Å². The van der Waals surface area contributed by atoms with Gasteiger partial charge in [0.2, 0.25) is 0 Å². The molecule has 1 aromatic rings. The van der Waals surface area contributed by atoms with Gasteiger partial charge in [0.15, 0.2) is 5.67 Å². The van der Waals surface area contributed by atoms with E-state index in [1.165, 1.54) is 0 Å². The van der Waals surface area contributed by atoms with E-state index in [0.29, 0.717) is 11.1 Å². The third kappa shape index (κ3) is 3.02. The predicted molar refractivity (Wildman–Crippen MR) is 59.7 cm³/mol. The molecule has 0 amide bonds. The van der Waals surface area contributed by atoms with Gasteiger partial charge in [0.1, 0.15) is 0 Å². The van der Waals surface area contributed by atoms with Crippen LogP contribution in [0.15, 0.2) is 24.3 Å². The normalized spacial score (nSPS) is 18.7. The topological polar surface area (TPSA) is 52.6 Å². The van der Waals surface area contributed by atoms with E-state index in [0.717, 1.165) is 6.26 Å². The second kappa shape index (κ2) is 4.36. The summed E-state index contributed by atoms with van der Waals surface area (Å²) in [6.45, 7) is 0.118. The zero-order valence-corrected chi connectivity index (χ0v) is 10.2. The maximum atomic E-state index is 13.9. The van der Waals surface area contributed by atoms with E-state index in [1.807, 2.05) is 0 Å². The van der Waals surface area contributed by atoms with Gasteiger partial charge >= 0.3 is 0 Å². The first kappa shape index (κ1) is 12.5. The highest BCUT2D eigenvalue weighted by molar-refractivity contribution is 7.85. The van der Waals surface area contributed by atoms with Crippen LogP contribution >= 0.6 is 0 Å². The van der Waals surface area contributed by atoms with Gasteiger partial charge in [-0.25, -0.2) is 4.39 Å². The van der Waals surface area contributed by atoms with E-state index in [4.69, 9.17) is 4.74 Å². The fourth-order valence-electron chi connectivity index (χ4n) is 1.52. The molecule has 0 aromatic heterocycles. The smallest absolute Gasteiger partial charge is 0.264 e. The van der Waals surface area contributed by atoms with Crippen molar-refractivity contribution in [1.82, 2.24) is 0 Å². The van der Waals surface area contributed by atoms with Gasteiger partial charge in [0.25, 0.3) is 10.1 Å². The van der Waals surface area contributed by atoms with E-state index in [1.54, 1.807) is 24.3 Å². The summed E-state index contributed by atoms with van der Waals surface area (Å²) in [5.41, 5.74) is -0.161. The van der Waals surface area contributed by atoms with Crippen molar-refractivity contribution in [3.05, 3.63) is 35.4 Å². The zero-order chi connectivity index (χ0) is 12.5. The number of rotatable bonds is 4. The Labute approximate surface area is 99.5 Å². The Balaban J connectivity index is 2.03. The first-order chi connectivity index (χ1) is 7.89. The first-order valence-corrected chi connectivity index (χ1v) is 6.91. The van der Waals surface area contributed by atoms with Crippen LogP contribution in [0.2, 0.25) is 0 Å². The summed E-state index contributed by atoms with van der Waals surface area (Å²) in [6.07, 6.45) is 0.990. The van der Waals surface area contributed by atoms with Gasteiger partial charge in [-0.2, -0.15) is 8.42 Å². The molecule has 1 saturated heterocycles. The maximum absolute atomic E-state index is 13.9. The van der Waals surface area contributed by atoms with Crippen molar-refractivity contribution < 1.29 is 21.7 Å². The van der Waals surface area contributed by atoms with Crippen LogP contribution in [-0.2, 0) is 31.3 Å². The lowest BCUT2D eigenvalue weighted by Crippen LogP contribution is -2.42. The number of ether oxygens (including phenoxy) is 1. The van der Waals surface area contributed by atoms with E-state index in [9.17, 15) is 12.8 Å². The Morgan fingerprint density at radius 3 is 2.35 bits per heavy atom.